The Kier molecular flexibility index (Phi) is 4.20. The number of hydrogen-bond acceptors (Lipinski definition) is 2. The van der Waals surface area contributed by atoms with Gasteiger partial charge in [0.15, 0.2) is 0 Å². The lowest BCUT2D eigenvalue weighted by Crippen LogP contribution is -2.29. The van der Waals surface area contributed by atoms with Gasteiger partial charge in [-0.3, -0.25) is 0 Å². The summed E-state index contributed by atoms with van der Waals surface area (Å²) in [6.07, 6.45) is 5.48. The first-order chi connectivity index (χ1) is 6.22. The Labute approximate surface area is 81.7 Å². The van der Waals surface area contributed by atoms with Crippen LogP contribution in [0.3, 0.4) is 0 Å². The molecule has 0 aromatic heterocycles. The van der Waals surface area contributed by atoms with Crippen LogP contribution < -0.4 is 5.32 Å². The molecule has 1 unspecified atom stereocenters. The largest absolute Gasteiger partial charge is 0.396 e. The van der Waals surface area contributed by atoms with Gasteiger partial charge in [-0.2, -0.15) is 0 Å². The molecule has 0 radical (unpaired) electrons. The molecule has 0 aromatic rings. The molecule has 0 aromatic carbocycles. The van der Waals surface area contributed by atoms with Gasteiger partial charge in [-0.25, -0.2) is 0 Å². The number of hydrogen-bond donors (Lipinski definition) is 2. The van der Waals surface area contributed by atoms with Crippen molar-refractivity contribution in [2.24, 2.45) is 11.3 Å². The molecule has 78 valence electrons. The van der Waals surface area contributed by atoms with Crippen LogP contribution in [0.4, 0.5) is 0 Å². The molecule has 1 atom stereocenters. The maximum absolute atomic E-state index is 8.84. The highest BCUT2D eigenvalue weighted by molar-refractivity contribution is 4.94. The molecule has 0 heterocycles. The third kappa shape index (κ3) is 3.65. The van der Waals surface area contributed by atoms with Gasteiger partial charge in [-0.15, -0.1) is 0 Å². The fraction of sp³-hybridized carbons (Fsp3) is 1.00. The molecule has 0 spiro atoms. The highest BCUT2D eigenvalue weighted by Crippen LogP contribution is 2.48. The average molecular weight is 185 g/mol. The molecular weight excluding hydrogens is 162 g/mol. The van der Waals surface area contributed by atoms with E-state index in [1.807, 2.05) is 0 Å². The van der Waals surface area contributed by atoms with Crippen LogP contribution in [0.25, 0.3) is 0 Å². The summed E-state index contributed by atoms with van der Waals surface area (Å²) in [5.74, 6) is 0.400. The number of rotatable bonds is 7. The first kappa shape index (κ1) is 11.0. The SMILES string of the molecule is CCCC1(CNCC(C)CO)CC1. The van der Waals surface area contributed by atoms with Crippen LogP contribution in [-0.4, -0.2) is 24.8 Å². The Hall–Kier alpha value is -0.0800. The Morgan fingerprint density at radius 1 is 1.46 bits per heavy atom. The van der Waals surface area contributed by atoms with E-state index in [0.717, 1.165) is 13.1 Å². The van der Waals surface area contributed by atoms with E-state index >= 15 is 0 Å². The fourth-order valence-corrected chi connectivity index (χ4v) is 1.87. The van der Waals surface area contributed by atoms with Crippen LogP contribution in [0, 0.1) is 11.3 Å². The smallest absolute Gasteiger partial charge is 0.0468 e. The van der Waals surface area contributed by atoms with Crippen LogP contribution in [0.15, 0.2) is 0 Å². The first-order valence-electron chi connectivity index (χ1n) is 5.54. The van der Waals surface area contributed by atoms with Gasteiger partial charge < -0.3 is 10.4 Å². The fourth-order valence-electron chi connectivity index (χ4n) is 1.87. The Morgan fingerprint density at radius 3 is 2.62 bits per heavy atom. The molecule has 13 heavy (non-hydrogen) atoms. The third-order valence-corrected chi connectivity index (χ3v) is 3.04. The van der Waals surface area contributed by atoms with Crippen molar-refractivity contribution in [3.63, 3.8) is 0 Å². The van der Waals surface area contributed by atoms with E-state index in [1.165, 1.54) is 25.7 Å². The second-order valence-electron chi connectivity index (χ2n) is 4.67. The van der Waals surface area contributed by atoms with Crippen molar-refractivity contribution in [3.8, 4) is 0 Å². The van der Waals surface area contributed by atoms with Crippen molar-refractivity contribution >= 4 is 0 Å². The third-order valence-electron chi connectivity index (χ3n) is 3.04. The van der Waals surface area contributed by atoms with Gasteiger partial charge in [0.25, 0.3) is 0 Å². The number of aliphatic hydroxyl groups excluding tert-OH is 1. The molecule has 1 rings (SSSR count). The van der Waals surface area contributed by atoms with Gasteiger partial charge >= 0.3 is 0 Å². The highest BCUT2D eigenvalue weighted by atomic mass is 16.3. The van der Waals surface area contributed by atoms with E-state index in [9.17, 15) is 0 Å². The van der Waals surface area contributed by atoms with E-state index < -0.39 is 0 Å². The van der Waals surface area contributed by atoms with E-state index in [4.69, 9.17) is 5.11 Å². The van der Waals surface area contributed by atoms with Gasteiger partial charge in [-0.05, 0) is 37.1 Å². The standard InChI is InChI=1S/C11H23NO/c1-3-4-11(5-6-11)9-12-7-10(2)8-13/h10,12-13H,3-9H2,1-2H3. The van der Waals surface area contributed by atoms with Crippen molar-refractivity contribution in [2.75, 3.05) is 19.7 Å². The predicted molar refractivity (Wildman–Crippen MR) is 55.7 cm³/mol. The molecule has 2 N–H and O–H groups in total. The summed E-state index contributed by atoms with van der Waals surface area (Å²) in [6, 6.07) is 0. The molecule has 0 saturated heterocycles. The molecule has 1 aliphatic rings. The van der Waals surface area contributed by atoms with Gasteiger partial charge in [-0.1, -0.05) is 20.3 Å². The summed E-state index contributed by atoms with van der Waals surface area (Å²) in [7, 11) is 0. The molecule has 2 nitrogen and oxygen atoms in total. The van der Waals surface area contributed by atoms with Crippen LogP contribution in [-0.2, 0) is 0 Å². The predicted octanol–water partition coefficient (Wildman–Crippen LogP) is 1.78. The molecule has 2 heteroatoms. The van der Waals surface area contributed by atoms with Crippen molar-refractivity contribution in [1.82, 2.24) is 5.32 Å². The topological polar surface area (TPSA) is 32.3 Å². The van der Waals surface area contributed by atoms with Gasteiger partial charge in [0, 0.05) is 13.2 Å². The molecule has 1 saturated carbocycles. The Morgan fingerprint density at radius 2 is 2.15 bits per heavy atom. The van der Waals surface area contributed by atoms with Crippen LogP contribution >= 0.6 is 0 Å². The quantitative estimate of drug-likeness (QED) is 0.634. The lowest BCUT2D eigenvalue weighted by atomic mass is 10.0. The zero-order valence-corrected chi connectivity index (χ0v) is 8.97. The molecule has 0 bridgehead atoms. The van der Waals surface area contributed by atoms with Crippen molar-refractivity contribution in [3.05, 3.63) is 0 Å². The second kappa shape index (κ2) is 4.97. The highest BCUT2D eigenvalue weighted by Gasteiger charge is 2.40. The molecule has 1 fully saturated rings. The maximum Gasteiger partial charge on any atom is 0.0468 e. The van der Waals surface area contributed by atoms with Crippen LogP contribution in [0.1, 0.15) is 39.5 Å². The van der Waals surface area contributed by atoms with Crippen LogP contribution in [0.2, 0.25) is 0 Å². The Balaban J connectivity index is 2.05. The van der Waals surface area contributed by atoms with E-state index in [-0.39, 0.29) is 0 Å². The van der Waals surface area contributed by atoms with Gasteiger partial charge in [0.1, 0.15) is 0 Å². The summed E-state index contributed by atoms with van der Waals surface area (Å²) in [6.45, 7) is 6.75. The minimum Gasteiger partial charge on any atom is -0.396 e. The number of aliphatic hydroxyl groups is 1. The Bertz CT molecular complexity index is 143. The normalized spacial score (nSPS) is 21.5. The summed E-state index contributed by atoms with van der Waals surface area (Å²) in [5.41, 5.74) is 0.643. The van der Waals surface area contributed by atoms with Gasteiger partial charge in [0.05, 0.1) is 0 Å². The van der Waals surface area contributed by atoms with E-state index in [2.05, 4.69) is 19.2 Å². The molecular formula is C11H23NO. The lowest BCUT2D eigenvalue weighted by Gasteiger charge is -2.16. The summed E-state index contributed by atoms with van der Waals surface area (Å²) in [4.78, 5) is 0. The molecule has 1 aliphatic carbocycles. The van der Waals surface area contributed by atoms with E-state index in [0.29, 0.717) is 17.9 Å². The van der Waals surface area contributed by atoms with Gasteiger partial charge in [0.2, 0.25) is 0 Å². The monoisotopic (exact) mass is 185 g/mol. The second-order valence-corrected chi connectivity index (χ2v) is 4.67. The lowest BCUT2D eigenvalue weighted by molar-refractivity contribution is 0.230. The molecule has 0 aliphatic heterocycles. The first-order valence-corrected chi connectivity index (χ1v) is 5.54. The summed E-state index contributed by atoms with van der Waals surface area (Å²) >= 11 is 0. The van der Waals surface area contributed by atoms with E-state index in [1.54, 1.807) is 0 Å². The minimum atomic E-state index is 0.299. The average Bonchev–Trinajstić information content (AvgIpc) is 2.86. The number of nitrogens with one attached hydrogen (secondary N) is 1. The van der Waals surface area contributed by atoms with Crippen LogP contribution in [0.5, 0.6) is 0 Å². The maximum atomic E-state index is 8.84. The minimum absolute atomic E-state index is 0.299. The summed E-state index contributed by atoms with van der Waals surface area (Å²) < 4.78 is 0. The summed E-state index contributed by atoms with van der Waals surface area (Å²) in [5, 5.41) is 12.3. The zero-order chi connectivity index (χ0) is 9.73. The van der Waals surface area contributed by atoms with Crippen molar-refractivity contribution in [1.29, 1.82) is 0 Å². The zero-order valence-electron chi connectivity index (χ0n) is 8.97. The van der Waals surface area contributed by atoms with Crippen molar-refractivity contribution in [2.45, 2.75) is 39.5 Å². The molecule has 0 amide bonds. The van der Waals surface area contributed by atoms with Crippen molar-refractivity contribution < 1.29 is 5.11 Å².